The number of hydrogen-bond acceptors (Lipinski definition) is 6. The van der Waals surface area contributed by atoms with Crippen molar-refractivity contribution in [3.8, 4) is 0 Å². The largest absolute Gasteiger partial charge is 0.380 e. The second kappa shape index (κ2) is 6.79. The highest BCUT2D eigenvalue weighted by atomic mass is 16.5. The summed E-state index contributed by atoms with van der Waals surface area (Å²) in [5, 5.41) is 0. The Bertz CT molecular complexity index is 408. The zero-order chi connectivity index (χ0) is 13.7. The van der Waals surface area contributed by atoms with Crippen molar-refractivity contribution in [2.75, 3.05) is 32.2 Å². The highest BCUT2D eigenvalue weighted by Crippen LogP contribution is 2.28. The van der Waals surface area contributed by atoms with Crippen LogP contribution in [0.1, 0.15) is 24.4 Å². The third kappa shape index (κ3) is 5.10. The number of anilines is 1. The van der Waals surface area contributed by atoms with Gasteiger partial charge < -0.3 is 10.2 Å². The molecule has 0 unspecified atom stereocenters. The third-order valence-electron chi connectivity index (χ3n) is 3.13. The number of likely N-dealkylation sites (N-methyl/N-ethyl adjacent to an activating group) is 1. The molecule has 0 spiro atoms. The molecule has 2 rings (SSSR count). The summed E-state index contributed by atoms with van der Waals surface area (Å²) in [6.45, 7) is 5.19. The van der Waals surface area contributed by atoms with E-state index in [9.17, 15) is 0 Å². The summed E-state index contributed by atoms with van der Waals surface area (Å²) in [6, 6.07) is 1.82. The second-order valence-corrected chi connectivity index (χ2v) is 5.21. The predicted octanol–water partition coefficient (Wildman–Crippen LogP) is 0.929. The summed E-state index contributed by atoms with van der Waals surface area (Å²) in [6.07, 6.45) is 2.67. The monoisotopic (exact) mass is 265 g/mol. The minimum Gasteiger partial charge on any atom is -0.380 e. The second-order valence-electron chi connectivity index (χ2n) is 5.21. The Kier molecular flexibility index (Phi) is 5.07. The quantitative estimate of drug-likeness (QED) is 0.414. The summed E-state index contributed by atoms with van der Waals surface area (Å²) in [7, 11) is 2.04. The van der Waals surface area contributed by atoms with Crippen LogP contribution in [0.2, 0.25) is 0 Å². The molecule has 0 radical (unpaired) electrons. The smallest absolute Gasteiger partial charge is 0.145 e. The van der Waals surface area contributed by atoms with Gasteiger partial charge in [0.15, 0.2) is 0 Å². The van der Waals surface area contributed by atoms with Crippen LogP contribution in [0.3, 0.4) is 0 Å². The van der Waals surface area contributed by atoms with Crippen LogP contribution < -0.4 is 11.3 Å². The number of ether oxygens (including phenoxy) is 1. The maximum Gasteiger partial charge on any atom is 0.145 e. The average Bonchev–Trinajstić information content (AvgIpc) is 3.18. The van der Waals surface area contributed by atoms with E-state index in [2.05, 4.69) is 20.3 Å². The summed E-state index contributed by atoms with van der Waals surface area (Å²) < 4.78 is 5.62. The van der Waals surface area contributed by atoms with Crippen molar-refractivity contribution in [2.24, 2.45) is 11.8 Å². The van der Waals surface area contributed by atoms with E-state index in [-0.39, 0.29) is 0 Å². The molecule has 0 saturated heterocycles. The summed E-state index contributed by atoms with van der Waals surface area (Å²) in [5.74, 6) is 7.63. The van der Waals surface area contributed by atoms with Crippen molar-refractivity contribution >= 4 is 5.82 Å². The topological polar surface area (TPSA) is 76.3 Å². The molecule has 106 valence electrons. The van der Waals surface area contributed by atoms with Crippen molar-refractivity contribution in [3.05, 3.63) is 17.6 Å². The Hall–Kier alpha value is -1.24. The van der Waals surface area contributed by atoms with Crippen molar-refractivity contribution in [3.63, 3.8) is 0 Å². The van der Waals surface area contributed by atoms with Crippen LogP contribution in [0, 0.1) is 12.8 Å². The molecule has 0 aromatic carbocycles. The van der Waals surface area contributed by atoms with Gasteiger partial charge in [0.25, 0.3) is 0 Å². The maximum absolute atomic E-state index is 5.62. The Morgan fingerprint density at radius 1 is 1.47 bits per heavy atom. The number of rotatable bonds is 8. The predicted molar refractivity (Wildman–Crippen MR) is 74.5 cm³/mol. The van der Waals surface area contributed by atoms with Crippen LogP contribution in [0.4, 0.5) is 5.82 Å². The van der Waals surface area contributed by atoms with Crippen LogP contribution in [0.25, 0.3) is 0 Å². The number of hydrazine groups is 1. The molecular formula is C13H23N5O. The van der Waals surface area contributed by atoms with Crippen molar-refractivity contribution in [1.29, 1.82) is 0 Å². The molecule has 1 aromatic heterocycles. The van der Waals surface area contributed by atoms with Gasteiger partial charge in [-0.1, -0.05) is 0 Å². The van der Waals surface area contributed by atoms with Crippen molar-refractivity contribution < 1.29 is 4.74 Å². The molecule has 0 bridgehead atoms. The maximum atomic E-state index is 5.62. The lowest BCUT2D eigenvalue weighted by Crippen LogP contribution is -2.24. The third-order valence-corrected chi connectivity index (χ3v) is 3.13. The van der Waals surface area contributed by atoms with Crippen LogP contribution in [-0.4, -0.2) is 41.7 Å². The van der Waals surface area contributed by atoms with E-state index in [0.29, 0.717) is 12.4 Å². The van der Waals surface area contributed by atoms with E-state index in [1.807, 2.05) is 20.0 Å². The van der Waals surface area contributed by atoms with Gasteiger partial charge in [0.1, 0.15) is 11.6 Å². The van der Waals surface area contributed by atoms with Gasteiger partial charge in [-0.3, -0.25) is 4.90 Å². The van der Waals surface area contributed by atoms with Gasteiger partial charge in [-0.25, -0.2) is 15.8 Å². The lowest BCUT2D eigenvalue weighted by molar-refractivity contribution is 0.101. The van der Waals surface area contributed by atoms with Gasteiger partial charge in [0.05, 0.1) is 13.2 Å². The normalized spacial score (nSPS) is 14.9. The molecule has 0 amide bonds. The van der Waals surface area contributed by atoms with Crippen LogP contribution >= 0.6 is 0 Å². The first-order valence-electron chi connectivity index (χ1n) is 6.75. The standard InChI is InChI=1S/C13H23N5O/c1-10-7-12(17-14)16-13(15-10)8-18(2)5-6-19-9-11-3-4-11/h7,11H,3-6,8-9,14H2,1-2H3,(H,15,16,17). The summed E-state index contributed by atoms with van der Waals surface area (Å²) in [5.41, 5.74) is 3.47. The summed E-state index contributed by atoms with van der Waals surface area (Å²) >= 11 is 0. The molecule has 19 heavy (non-hydrogen) atoms. The number of aromatic nitrogens is 2. The molecule has 6 nitrogen and oxygen atoms in total. The Morgan fingerprint density at radius 2 is 2.26 bits per heavy atom. The zero-order valence-corrected chi connectivity index (χ0v) is 11.7. The Labute approximate surface area is 114 Å². The number of nitrogens with two attached hydrogens (primary N) is 1. The molecule has 6 heteroatoms. The summed E-state index contributed by atoms with van der Waals surface area (Å²) in [4.78, 5) is 10.9. The van der Waals surface area contributed by atoms with Gasteiger partial charge in [-0.15, -0.1) is 0 Å². The number of nitrogens with one attached hydrogen (secondary N) is 1. The van der Waals surface area contributed by atoms with Crippen LogP contribution in [-0.2, 0) is 11.3 Å². The van der Waals surface area contributed by atoms with Crippen LogP contribution in [0.5, 0.6) is 0 Å². The minimum atomic E-state index is 0.654. The highest BCUT2D eigenvalue weighted by molar-refractivity contribution is 5.33. The van der Waals surface area contributed by atoms with E-state index in [4.69, 9.17) is 10.6 Å². The Balaban J connectivity index is 1.73. The van der Waals surface area contributed by atoms with Gasteiger partial charge in [0, 0.05) is 24.9 Å². The lowest BCUT2D eigenvalue weighted by Gasteiger charge is -2.16. The molecule has 3 N–H and O–H groups in total. The fourth-order valence-corrected chi connectivity index (χ4v) is 1.85. The lowest BCUT2D eigenvalue weighted by atomic mass is 10.4. The molecular weight excluding hydrogens is 242 g/mol. The minimum absolute atomic E-state index is 0.654. The van der Waals surface area contributed by atoms with Gasteiger partial charge in [0.2, 0.25) is 0 Å². The fraction of sp³-hybridized carbons (Fsp3) is 0.692. The first kappa shape index (κ1) is 14.2. The van der Waals surface area contributed by atoms with E-state index >= 15 is 0 Å². The molecule has 1 aromatic rings. The number of nitrogens with zero attached hydrogens (tertiary/aromatic N) is 3. The molecule has 0 atom stereocenters. The van der Waals surface area contributed by atoms with Crippen molar-refractivity contribution in [1.82, 2.24) is 14.9 Å². The van der Waals surface area contributed by atoms with Gasteiger partial charge in [-0.05, 0) is 32.7 Å². The van der Waals surface area contributed by atoms with E-state index in [1.54, 1.807) is 0 Å². The Morgan fingerprint density at radius 3 is 2.95 bits per heavy atom. The van der Waals surface area contributed by atoms with E-state index in [0.717, 1.165) is 37.2 Å². The molecule has 1 fully saturated rings. The SMILES string of the molecule is Cc1cc(NN)nc(CN(C)CCOCC2CC2)n1. The molecule has 1 heterocycles. The van der Waals surface area contributed by atoms with E-state index < -0.39 is 0 Å². The molecule has 1 aliphatic carbocycles. The van der Waals surface area contributed by atoms with Gasteiger partial charge >= 0.3 is 0 Å². The van der Waals surface area contributed by atoms with Crippen molar-refractivity contribution in [2.45, 2.75) is 26.3 Å². The first-order valence-corrected chi connectivity index (χ1v) is 6.75. The molecule has 0 aliphatic heterocycles. The average molecular weight is 265 g/mol. The fourth-order valence-electron chi connectivity index (χ4n) is 1.85. The zero-order valence-electron chi connectivity index (χ0n) is 11.7. The number of nitrogen functional groups attached to an aromatic ring is 1. The number of aryl methyl sites for hydroxylation is 1. The first-order chi connectivity index (χ1) is 9.17. The van der Waals surface area contributed by atoms with Crippen LogP contribution in [0.15, 0.2) is 6.07 Å². The van der Waals surface area contributed by atoms with Gasteiger partial charge in [-0.2, -0.15) is 0 Å². The highest BCUT2D eigenvalue weighted by Gasteiger charge is 2.20. The molecule has 1 aliphatic rings. The molecule has 1 saturated carbocycles. The van der Waals surface area contributed by atoms with E-state index in [1.165, 1.54) is 12.8 Å². The number of hydrogen-bond donors (Lipinski definition) is 2.